The number of rotatable bonds is 6. The lowest BCUT2D eigenvalue weighted by Crippen LogP contribution is -2.49. The number of hydrogen-bond acceptors (Lipinski definition) is 3. The standard InChI is InChI=1S/C17H26ClN3O.ClH/c1-2-3-16(19)17(22)20-15-8-10-21(11-9-15)12-13-4-6-14(18)7-5-13;/h4-7,15-16H,2-3,8-12,19H2,1H3,(H,20,22);1H. The number of piperidine rings is 1. The summed E-state index contributed by atoms with van der Waals surface area (Å²) in [5, 5.41) is 3.86. The number of nitrogens with one attached hydrogen (secondary N) is 1. The van der Waals surface area contributed by atoms with Gasteiger partial charge in [-0.05, 0) is 37.0 Å². The van der Waals surface area contributed by atoms with Gasteiger partial charge in [0, 0.05) is 30.7 Å². The van der Waals surface area contributed by atoms with E-state index < -0.39 is 0 Å². The van der Waals surface area contributed by atoms with Crippen LogP contribution in [0.25, 0.3) is 0 Å². The Kier molecular flexibility index (Phi) is 8.92. The van der Waals surface area contributed by atoms with Gasteiger partial charge in [-0.15, -0.1) is 12.4 Å². The van der Waals surface area contributed by atoms with Gasteiger partial charge in [0.1, 0.15) is 0 Å². The first-order valence-electron chi connectivity index (χ1n) is 8.11. The van der Waals surface area contributed by atoms with E-state index in [9.17, 15) is 4.79 Å². The van der Waals surface area contributed by atoms with Crippen molar-refractivity contribution >= 4 is 29.9 Å². The van der Waals surface area contributed by atoms with Crippen LogP contribution in [0.4, 0.5) is 0 Å². The molecule has 1 aliphatic heterocycles. The quantitative estimate of drug-likeness (QED) is 0.820. The number of carbonyl (C=O) groups is 1. The second-order valence-corrected chi connectivity index (χ2v) is 6.52. The number of carbonyl (C=O) groups excluding carboxylic acids is 1. The third kappa shape index (κ3) is 6.68. The van der Waals surface area contributed by atoms with Crippen molar-refractivity contribution in [3.63, 3.8) is 0 Å². The number of hydrogen-bond donors (Lipinski definition) is 2. The van der Waals surface area contributed by atoms with E-state index in [2.05, 4.69) is 22.3 Å². The normalized spacial score (nSPS) is 17.3. The molecule has 1 atom stereocenters. The fraction of sp³-hybridized carbons (Fsp3) is 0.588. The molecule has 1 aromatic carbocycles. The van der Waals surface area contributed by atoms with Crippen LogP contribution in [0.2, 0.25) is 5.02 Å². The van der Waals surface area contributed by atoms with E-state index in [4.69, 9.17) is 17.3 Å². The van der Waals surface area contributed by atoms with E-state index in [1.165, 1.54) is 5.56 Å². The van der Waals surface area contributed by atoms with Gasteiger partial charge in [-0.25, -0.2) is 0 Å². The Morgan fingerprint density at radius 2 is 1.96 bits per heavy atom. The van der Waals surface area contributed by atoms with Gasteiger partial charge in [0.2, 0.25) is 5.91 Å². The molecule has 1 fully saturated rings. The second kappa shape index (κ2) is 10.1. The first-order chi connectivity index (χ1) is 10.6. The molecule has 0 aliphatic carbocycles. The number of benzene rings is 1. The summed E-state index contributed by atoms with van der Waals surface area (Å²) < 4.78 is 0. The van der Waals surface area contributed by atoms with Gasteiger partial charge in [0.05, 0.1) is 6.04 Å². The Balaban J connectivity index is 0.00000264. The van der Waals surface area contributed by atoms with Gasteiger partial charge in [0.15, 0.2) is 0 Å². The van der Waals surface area contributed by atoms with Crippen LogP contribution in [0.1, 0.15) is 38.2 Å². The monoisotopic (exact) mass is 359 g/mol. The number of likely N-dealkylation sites (tertiary alicyclic amines) is 1. The van der Waals surface area contributed by atoms with Crippen molar-refractivity contribution in [3.8, 4) is 0 Å². The summed E-state index contributed by atoms with van der Waals surface area (Å²) in [5.41, 5.74) is 7.13. The highest BCUT2D eigenvalue weighted by Crippen LogP contribution is 2.16. The maximum Gasteiger partial charge on any atom is 0.237 e. The molecule has 0 saturated carbocycles. The van der Waals surface area contributed by atoms with Gasteiger partial charge in [-0.3, -0.25) is 9.69 Å². The lowest BCUT2D eigenvalue weighted by atomic mass is 10.0. The molecule has 1 aliphatic rings. The minimum Gasteiger partial charge on any atom is -0.352 e. The van der Waals surface area contributed by atoms with E-state index >= 15 is 0 Å². The van der Waals surface area contributed by atoms with Crippen molar-refractivity contribution < 1.29 is 4.79 Å². The van der Waals surface area contributed by atoms with Gasteiger partial charge < -0.3 is 11.1 Å². The molecule has 1 saturated heterocycles. The molecular formula is C17H27Cl2N3O. The predicted molar refractivity (Wildman–Crippen MR) is 98.0 cm³/mol. The minimum absolute atomic E-state index is 0. The van der Waals surface area contributed by atoms with Gasteiger partial charge in [-0.2, -0.15) is 0 Å². The average Bonchev–Trinajstić information content (AvgIpc) is 2.51. The van der Waals surface area contributed by atoms with E-state index in [0.29, 0.717) is 0 Å². The summed E-state index contributed by atoms with van der Waals surface area (Å²) in [5.74, 6) is -0.00185. The molecule has 6 heteroatoms. The van der Waals surface area contributed by atoms with Crippen molar-refractivity contribution in [2.75, 3.05) is 13.1 Å². The molecule has 1 heterocycles. The highest BCUT2D eigenvalue weighted by Gasteiger charge is 2.22. The summed E-state index contributed by atoms with van der Waals surface area (Å²) in [7, 11) is 0. The van der Waals surface area contributed by atoms with E-state index in [1.54, 1.807) is 0 Å². The van der Waals surface area contributed by atoms with Crippen LogP contribution in [0.15, 0.2) is 24.3 Å². The van der Waals surface area contributed by atoms with Crippen LogP contribution in [-0.2, 0) is 11.3 Å². The van der Waals surface area contributed by atoms with Crippen LogP contribution in [0.3, 0.4) is 0 Å². The number of nitrogens with zero attached hydrogens (tertiary/aromatic N) is 1. The zero-order valence-electron chi connectivity index (χ0n) is 13.6. The van der Waals surface area contributed by atoms with Crippen LogP contribution < -0.4 is 11.1 Å². The van der Waals surface area contributed by atoms with Crippen molar-refractivity contribution in [1.29, 1.82) is 0 Å². The zero-order valence-corrected chi connectivity index (χ0v) is 15.2. The molecule has 1 amide bonds. The number of amides is 1. The van der Waals surface area contributed by atoms with Crippen molar-refractivity contribution in [3.05, 3.63) is 34.9 Å². The van der Waals surface area contributed by atoms with Gasteiger partial charge in [-0.1, -0.05) is 37.1 Å². The topological polar surface area (TPSA) is 58.4 Å². The molecule has 0 aromatic heterocycles. The molecule has 4 nitrogen and oxygen atoms in total. The smallest absolute Gasteiger partial charge is 0.237 e. The van der Waals surface area contributed by atoms with Crippen LogP contribution >= 0.6 is 24.0 Å². The third-order valence-electron chi connectivity index (χ3n) is 4.19. The minimum atomic E-state index is -0.364. The Morgan fingerprint density at radius 3 is 2.52 bits per heavy atom. The largest absolute Gasteiger partial charge is 0.352 e. The maximum absolute atomic E-state index is 11.9. The second-order valence-electron chi connectivity index (χ2n) is 6.08. The highest BCUT2D eigenvalue weighted by atomic mass is 35.5. The van der Waals surface area contributed by atoms with Gasteiger partial charge >= 0.3 is 0 Å². The summed E-state index contributed by atoms with van der Waals surface area (Å²) in [6.45, 7) is 4.97. The fourth-order valence-corrected chi connectivity index (χ4v) is 2.96. The van der Waals surface area contributed by atoms with Crippen molar-refractivity contribution in [1.82, 2.24) is 10.2 Å². The zero-order chi connectivity index (χ0) is 15.9. The lowest BCUT2D eigenvalue weighted by molar-refractivity contribution is -0.123. The van der Waals surface area contributed by atoms with Crippen molar-refractivity contribution in [2.24, 2.45) is 5.73 Å². The van der Waals surface area contributed by atoms with Crippen LogP contribution in [0.5, 0.6) is 0 Å². The fourth-order valence-electron chi connectivity index (χ4n) is 2.83. The molecule has 0 bridgehead atoms. The van der Waals surface area contributed by atoms with Crippen LogP contribution in [0, 0.1) is 0 Å². The van der Waals surface area contributed by atoms with Crippen LogP contribution in [-0.4, -0.2) is 36.0 Å². The summed E-state index contributed by atoms with van der Waals surface area (Å²) >= 11 is 5.91. The van der Waals surface area contributed by atoms with E-state index in [1.807, 2.05) is 19.1 Å². The van der Waals surface area contributed by atoms with E-state index in [0.717, 1.165) is 50.3 Å². The number of halogens is 2. The third-order valence-corrected chi connectivity index (χ3v) is 4.44. The van der Waals surface area contributed by atoms with Gasteiger partial charge in [0.25, 0.3) is 0 Å². The molecular weight excluding hydrogens is 333 g/mol. The molecule has 23 heavy (non-hydrogen) atoms. The summed E-state index contributed by atoms with van der Waals surface area (Å²) in [6.07, 6.45) is 3.66. The van der Waals surface area contributed by atoms with E-state index in [-0.39, 0.29) is 30.4 Å². The first-order valence-corrected chi connectivity index (χ1v) is 8.49. The van der Waals surface area contributed by atoms with Crippen molar-refractivity contribution in [2.45, 2.75) is 51.2 Å². The molecule has 2 rings (SSSR count). The molecule has 1 unspecified atom stereocenters. The lowest BCUT2D eigenvalue weighted by Gasteiger charge is -2.32. The average molecular weight is 360 g/mol. The number of nitrogens with two attached hydrogens (primary N) is 1. The Labute approximate surface area is 150 Å². The molecule has 130 valence electrons. The molecule has 3 N–H and O–H groups in total. The molecule has 1 aromatic rings. The molecule has 0 radical (unpaired) electrons. The molecule has 0 spiro atoms. The Hall–Kier alpha value is -0.810. The first kappa shape index (κ1) is 20.2. The predicted octanol–water partition coefficient (Wildman–Crippen LogP) is 2.97. The maximum atomic E-state index is 11.9. The Bertz CT molecular complexity index is 473. The Morgan fingerprint density at radius 1 is 1.35 bits per heavy atom. The summed E-state index contributed by atoms with van der Waals surface area (Å²) in [4.78, 5) is 14.4. The highest BCUT2D eigenvalue weighted by molar-refractivity contribution is 6.30. The SMILES string of the molecule is CCCC(N)C(=O)NC1CCN(Cc2ccc(Cl)cc2)CC1.Cl. The summed E-state index contributed by atoms with van der Waals surface area (Å²) in [6, 6.07) is 7.90.